The number of carbonyl (C=O) groups is 1. The summed E-state index contributed by atoms with van der Waals surface area (Å²) in [5.41, 5.74) is 1.37. The summed E-state index contributed by atoms with van der Waals surface area (Å²) in [6.07, 6.45) is 1.19. The van der Waals surface area contributed by atoms with Gasteiger partial charge in [-0.15, -0.1) is 0 Å². The molecule has 1 aromatic heterocycles. The zero-order chi connectivity index (χ0) is 39.1. The number of para-hydroxylation sites is 2. The van der Waals surface area contributed by atoms with Crippen LogP contribution in [0.25, 0.3) is 11.3 Å². The van der Waals surface area contributed by atoms with Crippen LogP contribution in [0.15, 0.2) is 88.9 Å². The van der Waals surface area contributed by atoms with Crippen molar-refractivity contribution in [1.82, 2.24) is 4.90 Å². The van der Waals surface area contributed by atoms with Gasteiger partial charge in [0, 0.05) is 49.3 Å². The Hall–Kier alpha value is -4.09. The fraction of sp³-hybridized carbons (Fsp3) is 0.432. The van der Waals surface area contributed by atoms with E-state index in [2.05, 4.69) is 29.7 Å². The molecule has 1 saturated carbocycles. The molecule has 292 valence electrons. The van der Waals surface area contributed by atoms with Gasteiger partial charge in [-0.25, -0.2) is 0 Å². The Labute approximate surface area is 325 Å². The molecule has 2 bridgehead atoms. The molecule has 4 aliphatic rings. The van der Waals surface area contributed by atoms with E-state index in [1.165, 1.54) is 17.7 Å². The first-order valence-corrected chi connectivity index (χ1v) is 19.5. The second-order valence-electron chi connectivity index (χ2n) is 15.9. The van der Waals surface area contributed by atoms with Crippen LogP contribution in [0.2, 0.25) is 5.02 Å². The highest BCUT2D eigenvalue weighted by molar-refractivity contribution is 6.33. The van der Waals surface area contributed by atoms with E-state index in [1.54, 1.807) is 6.07 Å². The number of anilines is 1. The SMILES string of the molecule is CC1=CCCC2(C)C(CCC2(O)CN2CCN(c3ccccc3O)CC2)c2ccc(cc2C(=O)c2ccc(-c3cc(C(F)(F)F)ccc3Cl)o2)CC(O)CC1. The number of hydrogen-bond donors (Lipinski definition) is 3. The summed E-state index contributed by atoms with van der Waals surface area (Å²) in [6, 6.07) is 19.0. The van der Waals surface area contributed by atoms with Gasteiger partial charge in [0.05, 0.1) is 28.0 Å². The number of ketones is 1. The summed E-state index contributed by atoms with van der Waals surface area (Å²) in [6.45, 7) is 7.53. The van der Waals surface area contributed by atoms with Gasteiger partial charge in [0.25, 0.3) is 0 Å². The van der Waals surface area contributed by atoms with Crippen molar-refractivity contribution in [3.8, 4) is 17.1 Å². The van der Waals surface area contributed by atoms with Crippen molar-refractivity contribution >= 4 is 23.1 Å². The molecule has 55 heavy (non-hydrogen) atoms. The minimum Gasteiger partial charge on any atom is -0.506 e. The number of piperazine rings is 1. The lowest BCUT2D eigenvalue weighted by atomic mass is 9.64. The average molecular weight is 777 g/mol. The minimum absolute atomic E-state index is 0.0280. The molecule has 4 unspecified atom stereocenters. The van der Waals surface area contributed by atoms with Crippen molar-refractivity contribution in [2.75, 3.05) is 37.6 Å². The number of halogens is 4. The van der Waals surface area contributed by atoms with Gasteiger partial charge in [-0.3, -0.25) is 9.69 Å². The number of phenols is 1. The van der Waals surface area contributed by atoms with Crippen molar-refractivity contribution in [1.29, 1.82) is 0 Å². The van der Waals surface area contributed by atoms with E-state index in [4.69, 9.17) is 16.0 Å². The molecule has 0 spiro atoms. The van der Waals surface area contributed by atoms with Crippen LogP contribution in [0.3, 0.4) is 0 Å². The van der Waals surface area contributed by atoms with E-state index < -0.39 is 34.6 Å². The third-order valence-electron chi connectivity index (χ3n) is 12.4. The smallest absolute Gasteiger partial charge is 0.416 e. The molecule has 7 nitrogen and oxygen atoms in total. The van der Waals surface area contributed by atoms with Crippen molar-refractivity contribution in [3.63, 3.8) is 0 Å². The topological polar surface area (TPSA) is 97.4 Å². The van der Waals surface area contributed by atoms with E-state index in [1.807, 2.05) is 36.4 Å². The first kappa shape index (κ1) is 39.2. The number of benzene rings is 3. The monoisotopic (exact) mass is 776 g/mol. The lowest BCUT2D eigenvalue weighted by Gasteiger charge is -2.47. The Bertz CT molecular complexity index is 2070. The largest absolute Gasteiger partial charge is 0.506 e. The Morgan fingerprint density at radius 1 is 0.982 bits per heavy atom. The van der Waals surface area contributed by atoms with Crippen molar-refractivity contribution in [3.05, 3.63) is 117 Å². The number of aliphatic hydroxyl groups excluding tert-OH is 1. The zero-order valence-electron chi connectivity index (χ0n) is 31.2. The number of fused-ring (bicyclic) bond motifs is 8. The third kappa shape index (κ3) is 7.97. The number of nitrogens with zero attached hydrogens (tertiary/aromatic N) is 2. The first-order chi connectivity index (χ1) is 26.1. The van der Waals surface area contributed by atoms with Crippen molar-refractivity contribution < 1.29 is 37.7 Å². The highest BCUT2D eigenvalue weighted by Gasteiger charge is 2.57. The van der Waals surface area contributed by atoms with Gasteiger partial charge in [-0.1, -0.05) is 54.4 Å². The first-order valence-electron chi connectivity index (χ1n) is 19.1. The number of hydrogen-bond acceptors (Lipinski definition) is 7. The molecular weight excluding hydrogens is 729 g/mol. The summed E-state index contributed by atoms with van der Waals surface area (Å²) in [7, 11) is 0. The predicted octanol–water partition coefficient (Wildman–Crippen LogP) is 9.42. The highest BCUT2D eigenvalue weighted by atomic mass is 35.5. The molecule has 0 amide bonds. The Morgan fingerprint density at radius 3 is 2.49 bits per heavy atom. The van der Waals surface area contributed by atoms with Gasteiger partial charge in [0.2, 0.25) is 5.78 Å². The van der Waals surface area contributed by atoms with E-state index in [9.17, 15) is 33.3 Å². The normalized spacial score (nSPS) is 25.4. The Balaban J connectivity index is 1.22. The van der Waals surface area contributed by atoms with Crippen LogP contribution >= 0.6 is 11.6 Å². The molecule has 2 heterocycles. The lowest BCUT2D eigenvalue weighted by molar-refractivity contribution is -0.137. The third-order valence-corrected chi connectivity index (χ3v) is 12.7. The van der Waals surface area contributed by atoms with Crippen LogP contribution in [-0.2, 0) is 12.6 Å². The summed E-state index contributed by atoms with van der Waals surface area (Å²) in [5.74, 6) is -0.387. The fourth-order valence-electron chi connectivity index (χ4n) is 9.07. The van der Waals surface area contributed by atoms with E-state index in [0.29, 0.717) is 70.4 Å². The molecule has 4 atom stereocenters. The van der Waals surface area contributed by atoms with Gasteiger partial charge < -0.3 is 24.6 Å². The summed E-state index contributed by atoms with van der Waals surface area (Å²) < 4.78 is 46.7. The predicted molar refractivity (Wildman–Crippen MR) is 208 cm³/mol. The van der Waals surface area contributed by atoms with Gasteiger partial charge in [0.15, 0.2) is 5.76 Å². The van der Waals surface area contributed by atoms with Crippen molar-refractivity contribution in [2.45, 2.75) is 82.6 Å². The number of phenolic OH excluding ortho intramolecular Hbond substituents is 1. The minimum atomic E-state index is -4.59. The highest BCUT2D eigenvalue weighted by Crippen LogP contribution is 2.59. The van der Waals surface area contributed by atoms with Crippen molar-refractivity contribution in [2.24, 2.45) is 5.41 Å². The van der Waals surface area contributed by atoms with Crippen LogP contribution in [0, 0.1) is 5.41 Å². The molecule has 1 aliphatic heterocycles. The quantitative estimate of drug-likeness (QED) is 0.133. The molecule has 8 rings (SSSR count). The van der Waals surface area contributed by atoms with E-state index in [-0.39, 0.29) is 33.8 Å². The Kier molecular flexibility index (Phi) is 11.0. The number of furan rings is 1. The van der Waals surface area contributed by atoms with Gasteiger partial charge >= 0.3 is 6.18 Å². The molecule has 3 N–H and O–H groups in total. The molecule has 1 saturated heterocycles. The van der Waals surface area contributed by atoms with Crippen LogP contribution in [-0.4, -0.2) is 70.4 Å². The van der Waals surface area contributed by atoms with Gasteiger partial charge in [0.1, 0.15) is 11.5 Å². The second kappa shape index (κ2) is 15.4. The molecule has 3 aliphatic carbocycles. The van der Waals surface area contributed by atoms with Gasteiger partial charge in [-0.05, 0) is 117 Å². The second-order valence-corrected chi connectivity index (χ2v) is 16.3. The number of rotatable bonds is 6. The number of β-amino-alcohol motifs (C(OH)–C–C–N with tert-alkyl or cyclic N) is 1. The molecule has 11 heteroatoms. The maximum atomic E-state index is 14.5. The zero-order valence-corrected chi connectivity index (χ0v) is 32.0. The number of alkyl halides is 3. The number of aromatic hydroxyl groups is 1. The molecular formula is C44H48ClF3N2O5. The summed E-state index contributed by atoms with van der Waals surface area (Å²) >= 11 is 6.33. The number of carbonyl (C=O) groups excluding carboxylic acids is 1. The van der Waals surface area contributed by atoms with Crippen LogP contribution in [0.5, 0.6) is 5.75 Å². The Morgan fingerprint density at radius 2 is 1.75 bits per heavy atom. The van der Waals surface area contributed by atoms with E-state index >= 15 is 0 Å². The molecule has 3 aromatic carbocycles. The standard InChI is InChI=1S/C44H48ClF3N2O5/c1-28-6-5-18-42(2)35(17-19-43(42,54)27-49-20-22-50(23-21-49)37-7-3-4-8-38(37)52)32-13-10-29(24-31(51)12-9-28)25-33(32)41(53)40-16-15-39(55-40)34-26-30(44(46,47)48)11-14-36(34)45/h3-4,6-8,10-11,13-16,25-26,31,35,51-52,54H,5,9,12,17-24,27H2,1-2H3. The maximum absolute atomic E-state index is 14.5. The number of allylic oxidation sites excluding steroid dienone is 2. The maximum Gasteiger partial charge on any atom is 0.416 e. The fourth-order valence-corrected chi connectivity index (χ4v) is 9.28. The average Bonchev–Trinajstić information content (AvgIpc) is 3.73. The van der Waals surface area contributed by atoms with Crippen LogP contribution < -0.4 is 4.90 Å². The summed E-state index contributed by atoms with van der Waals surface area (Å²) in [4.78, 5) is 19.0. The number of aliphatic hydroxyl groups is 2. The lowest BCUT2D eigenvalue weighted by Crippen LogP contribution is -2.56. The van der Waals surface area contributed by atoms with Gasteiger partial charge in [-0.2, -0.15) is 13.2 Å². The van der Waals surface area contributed by atoms with Crippen LogP contribution in [0.1, 0.15) is 91.1 Å². The molecule has 0 radical (unpaired) electrons. The molecule has 4 aromatic rings. The van der Waals surface area contributed by atoms with E-state index in [0.717, 1.165) is 47.9 Å². The summed E-state index contributed by atoms with van der Waals surface area (Å²) in [5, 5.41) is 34.3. The van der Waals surface area contributed by atoms with Crippen LogP contribution in [0.4, 0.5) is 18.9 Å². The molecule has 2 fully saturated rings.